The summed E-state index contributed by atoms with van der Waals surface area (Å²) in [6, 6.07) is 8.89. The van der Waals surface area contributed by atoms with E-state index >= 15 is 0 Å². The van der Waals surface area contributed by atoms with E-state index in [1.165, 1.54) is 37.1 Å². The molecular weight excluding hydrogens is 256 g/mol. The molecule has 1 fully saturated rings. The second-order valence-electron chi connectivity index (χ2n) is 5.42. The third-order valence-corrected chi connectivity index (χ3v) is 3.99. The van der Waals surface area contributed by atoms with Gasteiger partial charge in [-0.3, -0.25) is 4.90 Å². The van der Waals surface area contributed by atoms with Crippen LogP contribution in [0.25, 0.3) is 0 Å². The lowest BCUT2D eigenvalue weighted by Gasteiger charge is -2.33. The highest BCUT2D eigenvalue weighted by atomic mass is 35.5. The predicted molar refractivity (Wildman–Crippen MR) is 85.0 cm³/mol. The maximum atomic E-state index is 3.32. The van der Waals surface area contributed by atoms with Crippen LogP contribution in [0.4, 0.5) is 0 Å². The van der Waals surface area contributed by atoms with E-state index in [9.17, 15) is 0 Å². The Labute approximate surface area is 124 Å². The number of aryl methyl sites for hydroxylation is 1. The molecule has 0 aromatic heterocycles. The summed E-state index contributed by atoms with van der Waals surface area (Å²) >= 11 is 0. The summed E-state index contributed by atoms with van der Waals surface area (Å²) in [5.41, 5.74) is 3.03. The predicted octanol–water partition coefficient (Wildman–Crippen LogP) is 3.10. The van der Waals surface area contributed by atoms with Gasteiger partial charge in [0.15, 0.2) is 0 Å². The highest BCUT2D eigenvalue weighted by Crippen LogP contribution is 2.19. The topological polar surface area (TPSA) is 15.3 Å². The number of hydrogen-bond donors (Lipinski definition) is 1. The van der Waals surface area contributed by atoms with Crippen LogP contribution < -0.4 is 5.32 Å². The normalized spacial score (nSPS) is 20.0. The molecule has 3 heteroatoms. The van der Waals surface area contributed by atoms with Crippen LogP contribution in [0, 0.1) is 5.92 Å². The highest BCUT2D eigenvalue weighted by molar-refractivity contribution is 5.85. The smallest absolute Gasteiger partial charge is 0.0236 e. The van der Waals surface area contributed by atoms with Gasteiger partial charge in [-0.2, -0.15) is 0 Å². The number of hydrogen-bond acceptors (Lipinski definition) is 2. The summed E-state index contributed by atoms with van der Waals surface area (Å²) in [7, 11) is 2.06. The summed E-state index contributed by atoms with van der Waals surface area (Å²) in [5.74, 6) is 0.831. The van der Waals surface area contributed by atoms with Crippen molar-refractivity contribution in [2.75, 3.05) is 26.7 Å². The first-order chi connectivity index (χ1) is 8.83. The summed E-state index contributed by atoms with van der Waals surface area (Å²) in [4.78, 5) is 2.62. The Morgan fingerprint density at radius 1 is 1.26 bits per heavy atom. The summed E-state index contributed by atoms with van der Waals surface area (Å²) in [6.45, 7) is 7.05. The quantitative estimate of drug-likeness (QED) is 0.893. The third-order valence-electron chi connectivity index (χ3n) is 3.99. The molecule has 1 N–H and O–H groups in total. The lowest BCUT2D eigenvalue weighted by atomic mass is 9.96. The standard InChI is InChI=1S/C16H26N2.ClH/c1-3-15-8-4-5-9-16(15)13-18-10-6-7-14(12-18)11-17-2;/h4-5,8-9,14,17H,3,6-7,10-13H2,1-2H3;1H. The molecule has 1 atom stereocenters. The Kier molecular flexibility index (Phi) is 7.44. The van der Waals surface area contributed by atoms with Gasteiger partial charge < -0.3 is 5.32 Å². The number of benzene rings is 1. The lowest BCUT2D eigenvalue weighted by Crippen LogP contribution is -2.38. The SMILES string of the molecule is CCc1ccccc1CN1CCCC(CNC)C1.Cl. The molecular formula is C16H27ClN2. The molecule has 1 aromatic rings. The third kappa shape index (κ3) is 4.79. The molecule has 0 aliphatic carbocycles. The largest absolute Gasteiger partial charge is 0.319 e. The average molecular weight is 283 g/mol. The van der Waals surface area contributed by atoms with E-state index in [2.05, 4.69) is 48.5 Å². The van der Waals surface area contributed by atoms with E-state index in [1.54, 1.807) is 0 Å². The molecule has 1 heterocycles. The second-order valence-corrected chi connectivity index (χ2v) is 5.42. The van der Waals surface area contributed by atoms with Gasteiger partial charge in [-0.25, -0.2) is 0 Å². The lowest BCUT2D eigenvalue weighted by molar-refractivity contribution is 0.166. The summed E-state index contributed by atoms with van der Waals surface area (Å²) in [6.07, 6.45) is 3.87. The van der Waals surface area contributed by atoms with E-state index < -0.39 is 0 Å². The molecule has 1 aliphatic heterocycles. The van der Waals surface area contributed by atoms with Crippen molar-refractivity contribution in [2.45, 2.75) is 32.7 Å². The maximum Gasteiger partial charge on any atom is 0.0236 e. The number of likely N-dealkylation sites (tertiary alicyclic amines) is 1. The molecule has 1 aromatic carbocycles. The van der Waals surface area contributed by atoms with Gasteiger partial charge in [0.1, 0.15) is 0 Å². The number of nitrogens with zero attached hydrogens (tertiary/aromatic N) is 1. The fraction of sp³-hybridized carbons (Fsp3) is 0.625. The van der Waals surface area contributed by atoms with Crippen molar-refractivity contribution in [3.63, 3.8) is 0 Å². The van der Waals surface area contributed by atoms with E-state index in [0.29, 0.717) is 0 Å². The Balaban J connectivity index is 0.00000180. The fourth-order valence-corrected chi connectivity index (χ4v) is 3.05. The number of rotatable bonds is 5. The van der Waals surface area contributed by atoms with Crippen molar-refractivity contribution in [3.05, 3.63) is 35.4 Å². The van der Waals surface area contributed by atoms with Crippen molar-refractivity contribution in [1.82, 2.24) is 10.2 Å². The van der Waals surface area contributed by atoms with Crippen molar-refractivity contribution < 1.29 is 0 Å². The van der Waals surface area contributed by atoms with Gasteiger partial charge in [-0.05, 0) is 56.4 Å². The summed E-state index contributed by atoms with van der Waals surface area (Å²) in [5, 5.41) is 3.32. The van der Waals surface area contributed by atoms with Gasteiger partial charge in [0.2, 0.25) is 0 Å². The Hall–Kier alpha value is -0.570. The zero-order chi connectivity index (χ0) is 12.8. The van der Waals surface area contributed by atoms with Crippen LogP contribution in [0.5, 0.6) is 0 Å². The van der Waals surface area contributed by atoms with Gasteiger partial charge in [0.25, 0.3) is 0 Å². The maximum absolute atomic E-state index is 3.32. The van der Waals surface area contributed by atoms with E-state index in [0.717, 1.165) is 25.4 Å². The molecule has 0 amide bonds. The van der Waals surface area contributed by atoms with E-state index in [-0.39, 0.29) is 12.4 Å². The van der Waals surface area contributed by atoms with Crippen molar-refractivity contribution in [2.24, 2.45) is 5.92 Å². The first kappa shape index (κ1) is 16.5. The first-order valence-electron chi connectivity index (χ1n) is 7.27. The van der Waals surface area contributed by atoms with Crippen LogP contribution in [-0.4, -0.2) is 31.6 Å². The molecule has 0 saturated carbocycles. The number of nitrogens with one attached hydrogen (secondary N) is 1. The van der Waals surface area contributed by atoms with Crippen LogP contribution in [0.1, 0.15) is 30.9 Å². The van der Waals surface area contributed by atoms with Crippen LogP contribution in [0.15, 0.2) is 24.3 Å². The van der Waals surface area contributed by atoms with Gasteiger partial charge in [0, 0.05) is 13.1 Å². The Bertz CT molecular complexity index is 366. The first-order valence-corrected chi connectivity index (χ1v) is 7.27. The number of halogens is 1. The Morgan fingerprint density at radius 2 is 2.00 bits per heavy atom. The van der Waals surface area contributed by atoms with Crippen LogP contribution in [-0.2, 0) is 13.0 Å². The van der Waals surface area contributed by atoms with Crippen LogP contribution in [0.2, 0.25) is 0 Å². The zero-order valence-corrected chi connectivity index (χ0v) is 13.0. The molecule has 2 nitrogen and oxygen atoms in total. The molecule has 1 aliphatic rings. The molecule has 0 spiro atoms. The molecule has 0 radical (unpaired) electrons. The minimum absolute atomic E-state index is 0. The van der Waals surface area contributed by atoms with Crippen molar-refractivity contribution >= 4 is 12.4 Å². The zero-order valence-electron chi connectivity index (χ0n) is 12.2. The summed E-state index contributed by atoms with van der Waals surface area (Å²) < 4.78 is 0. The minimum Gasteiger partial charge on any atom is -0.319 e. The van der Waals surface area contributed by atoms with Crippen molar-refractivity contribution in [1.29, 1.82) is 0 Å². The van der Waals surface area contributed by atoms with Gasteiger partial charge >= 0.3 is 0 Å². The second kappa shape index (κ2) is 8.57. The van der Waals surface area contributed by atoms with E-state index in [4.69, 9.17) is 0 Å². The minimum atomic E-state index is 0. The van der Waals surface area contributed by atoms with Crippen LogP contribution >= 0.6 is 12.4 Å². The van der Waals surface area contributed by atoms with Crippen LogP contribution in [0.3, 0.4) is 0 Å². The van der Waals surface area contributed by atoms with Crippen molar-refractivity contribution in [3.8, 4) is 0 Å². The van der Waals surface area contributed by atoms with Gasteiger partial charge in [-0.1, -0.05) is 31.2 Å². The Morgan fingerprint density at radius 3 is 2.68 bits per heavy atom. The van der Waals surface area contributed by atoms with Gasteiger partial charge in [0.05, 0.1) is 0 Å². The molecule has 1 unspecified atom stereocenters. The molecule has 1 saturated heterocycles. The molecule has 19 heavy (non-hydrogen) atoms. The highest BCUT2D eigenvalue weighted by Gasteiger charge is 2.19. The monoisotopic (exact) mass is 282 g/mol. The van der Waals surface area contributed by atoms with Gasteiger partial charge in [-0.15, -0.1) is 12.4 Å². The number of piperidine rings is 1. The average Bonchev–Trinajstić information content (AvgIpc) is 2.40. The van der Waals surface area contributed by atoms with E-state index in [1.807, 2.05) is 0 Å². The molecule has 0 bridgehead atoms. The molecule has 2 rings (SSSR count). The molecule has 108 valence electrons. The fourth-order valence-electron chi connectivity index (χ4n) is 3.05.